The molecule has 1 aromatic rings. The topological polar surface area (TPSA) is 68.2 Å². The van der Waals surface area contributed by atoms with E-state index in [0.29, 0.717) is 11.8 Å². The summed E-state index contributed by atoms with van der Waals surface area (Å²) in [6.45, 7) is 6.11. The smallest absolute Gasteiger partial charge is 0.266 e. The summed E-state index contributed by atoms with van der Waals surface area (Å²) in [5.74, 6) is 1.27. The Hall–Kier alpha value is -1.10. The molecule has 1 fully saturated rings. The highest BCUT2D eigenvalue weighted by molar-refractivity contribution is 5.28. The maximum Gasteiger partial charge on any atom is 0.266 e. The molecule has 0 aliphatic carbocycles. The molecule has 0 bridgehead atoms. The first kappa shape index (κ1) is 13.3. The molecule has 0 saturated carbocycles. The third kappa shape index (κ3) is 3.02. The molecule has 1 aromatic heterocycles. The third-order valence-electron chi connectivity index (χ3n) is 3.56. The molecule has 5 nitrogen and oxygen atoms in total. The zero-order valence-corrected chi connectivity index (χ0v) is 11.5. The van der Waals surface area contributed by atoms with Crippen molar-refractivity contribution >= 4 is 5.95 Å². The minimum absolute atomic E-state index is 0.508. The highest BCUT2D eigenvalue weighted by Gasteiger charge is 2.28. The van der Waals surface area contributed by atoms with Crippen molar-refractivity contribution in [1.82, 2.24) is 10.1 Å². The van der Waals surface area contributed by atoms with Gasteiger partial charge in [-0.05, 0) is 31.3 Å². The second kappa shape index (κ2) is 5.69. The molecule has 0 aromatic carbocycles. The fraction of sp³-hybridized carbons (Fsp3) is 0.846. The predicted octanol–water partition coefficient (Wildman–Crippen LogP) is 2.42. The Kier molecular flexibility index (Phi) is 4.22. The summed E-state index contributed by atoms with van der Waals surface area (Å²) in [4.78, 5) is 6.70. The average Bonchev–Trinajstić information content (AvgIpc) is 2.67. The van der Waals surface area contributed by atoms with Gasteiger partial charge in [0.05, 0.1) is 5.54 Å². The zero-order chi connectivity index (χ0) is 13.0. The molecule has 1 unspecified atom stereocenters. The van der Waals surface area contributed by atoms with E-state index in [2.05, 4.69) is 22.0 Å². The van der Waals surface area contributed by atoms with Crippen LogP contribution in [0.2, 0.25) is 0 Å². The van der Waals surface area contributed by atoms with Crippen LogP contribution in [-0.2, 0) is 5.54 Å². The van der Waals surface area contributed by atoms with Gasteiger partial charge in [-0.1, -0.05) is 26.2 Å². The van der Waals surface area contributed by atoms with Crippen molar-refractivity contribution in [3.63, 3.8) is 0 Å². The van der Waals surface area contributed by atoms with E-state index in [4.69, 9.17) is 10.3 Å². The Balaban J connectivity index is 2.09. The molecule has 0 spiro atoms. The van der Waals surface area contributed by atoms with E-state index in [1.807, 2.05) is 6.92 Å². The normalized spacial score (nSPS) is 20.5. The van der Waals surface area contributed by atoms with Gasteiger partial charge in [-0.25, -0.2) is 0 Å². The van der Waals surface area contributed by atoms with Gasteiger partial charge in [-0.15, -0.1) is 0 Å². The standard InChI is InChI=1S/C13H24N4O/c1-3-8-13(2,14)11-15-12(16-18-11)17-9-6-4-5-7-10-17/h3-10,14H2,1-2H3. The molecule has 18 heavy (non-hydrogen) atoms. The van der Waals surface area contributed by atoms with E-state index >= 15 is 0 Å². The van der Waals surface area contributed by atoms with E-state index in [-0.39, 0.29) is 0 Å². The van der Waals surface area contributed by atoms with Gasteiger partial charge < -0.3 is 15.2 Å². The number of hydrogen-bond acceptors (Lipinski definition) is 5. The summed E-state index contributed by atoms with van der Waals surface area (Å²) in [6, 6.07) is 0. The first-order valence-electron chi connectivity index (χ1n) is 7.01. The fourth-order valence-electron chi connectivity index (χ4n) is 2.47. The van der Waals surface area contributed by atoms with Crippen molar-refractivity contribution in [2.45, 2.75) is 57.9 Å². The van der Waals surface area contributed by atoms with Crippen LogP contribution in [0.1, 0.15) is 58.3 Å². The molecule has 1 atom stereocenters. The van der Waals surface area contributed by atoms with Crippen LogP contribution >= 0.6 is 0 Å². The summed E-state index contributed by atoms with van der Waals surface area (Å²) in [5.41, 5.74) is 5.70. The van der Waals surface area contributed by atoms with Crippen molar-refractivity contribution in [2.24, 2.45) is 5.73 Å². The Morgan fingerprint density at radius 1 is 1.28 bits per heavy atom. The minimum Gasteiger partial charge on any atom is -0.338 e. The summed E-state index contributed by atoms with van der Waals surface area (Å²) in [6.07, 6.45) is 6.87. The van der Waals surface area contributed by atoms with Crippen LogP contribution < -0.4 is 10.6 Å². The lowest BCUT2D eigenvalue weighted by molar-refractivity contribution is 0.283. The van der Waals surface area contributed by atoms with Gasteiger partial charge in [0.25, 0.3) is 5.95 Å². The zero-order valence-electron chi connectivity index (χ0n) is 11.5. The Bertz CT molecular complexity index is 367. The number of nitrogens with two attached hydrogens (primary N) is 1. The van der Waals surface area contributed by atoms with Crippen molar-refractivity contribution in [1.29, 1.82) is 0 Å². The van der Waals surface area contributed by atoms with Gasteiger partial charge in [0.1, 0.15) is 0 Å². The monoisotopic (exact) mass is 252 g/mol. The third-order valence-corrected chi connectivity index (χ3v) is 3.56. The van der Waals surface area contributed by atoms with Gasteiger partial charge in [0.2, 0.25) is 5.89 Å². The number of hydrogen-bond donors (Lipinski definition) is 1. The lowest BCUT2D eigenvalue weighted by Crippen LogP contribution is -2.33. The maximum absolute atomic E-state index is 6.21. The highest BCUT2D eigenvalue weighted by atomic mass is 16.5. The van der Waals surface area contributed by atoms with Crippen molar-refractivity contribution < 1.29 is 4.52 Å². The number of aromatic nitrogens is 2. The quantitative estimate of drug-likeness (QED) is 0.891. The number of rotatable bonds is 4. The van der Waals surface area contributed by atoms with Gasteiger partial charge in [-0.3, -0.25) is 0 Å². The van der Waals surface area contributed by atoms with Crippen molar-refractivity contribution in [2.75, 3.05) is 18.0 Å². The van der Waals surface area contributed by atoms with Crippen LogP contribution in [0.5, 0.6) is 0 Å². The second-order valence-corrected chi connectivity index (χ2v) is 5.47. The Morgan fingerprint density at radius 3 is 2.56 bits per heavy atom. The molecule has 1 aliphatic rings. The molecular formula is C13H24N4O. The Morgan fingerprint density at radius 2 is 1.94 bits per heavy atom. The molecule has 2 rings (SSSR count). The van der Waals surface area contributed by atoms with Crippen LogP contribution in [0.25, 0.3) is 0 Å². The first-order chi connectivity index (χ1) is 8.63. The lowest BCUT2D eigenvalue weighted by Gasteiger charge is -2.19. The van der Waals surface area contributed by atoms with Crippen molar-refractivity contribution in [3.8, 4) is 0 Å². The minimum atomic E-state index is -0.508. The van der Waals surface area contributed by atoms with Crippen LogP contribution in [0.3, 0.4) is 0 Å². The summed E-state index contributed by atoms with van der Waals surface area (Å²) >= 11 is 0. The van der Waals surface area contributed by atoms with Gasteiger partial charge >= 0.3 is 0 Å². The van der Waals surface area contributed by atoms with Gasteiger partial charge in [0, 0.05) is 13.1 Å². The fourth-order valence-corrected chi connectivity index (χ4v) is 2.47. The summed E-state index contributed by atoms with van der Waals surface area (Å²) in [7, 11) is 0. The molecular weight excluding hydrogens is 228 g/mol. The van der Waals surface area contributed by atoms with Crippen molar-refractivity contribution in [3.05, 3.63) is 5.89 Å². The van der Waals surface area contributed by atoms with E-state index in [1.54, 1.807) is 0 Å². The maximum atomic E-state index is 6.21. The summed E-state index contributed by atoms with van der Waals surface area (Å²) < 4.78 is 5.35. The number of anilines is 1. The molecule has 1 aliphatic heterocycles. The number of nitrogens with zero attached hydrogens (tertiary/aromatic N) is 3. The molecule has 102 valence electrons. The molecule has 0 amide bonds. The molecule has 0 radical (unpaired) electrons. The van der Waals surface area contributed by atoms with Crippen LogP contribution in [0.15, 0.2) is 4.52 Å². The van der Waals surface area contributed by atoms with Crippen LogP contribution in [-0.4, -0.2) is 23.2 Å². The van der Waals surface area contributed by atoms with Crippen LogP contribution in [0, 0.1) is 0 Å². The second-order valence-electron chi connectivity index (χ2n) is 5.47. The summed E-state index contributed by atoms with van der Waals surface area (Å²) in [5, 5.41) is 4.09. The molecule has 5 heteroatoms. The molecule has 2 N–H and O–H groups in total. The highest BCUT2D eigenvalue weighted by Crippen LogP contribution is 2.24. The van der Waals surface area contributed by atoms with E-state index in [9.17, 15) is 0 Å². The SMILES string of the molecule is CCCC(C)(N)c1nc(N2CCCCCC2)no1. The van der Waals surface area contributed by atoms with Crippen LogP contribution in [0.4, 0.5) is 5.95 Å². The first-order valence-corrected chi connectivity index (χ1v) is 7.01. The lowest BCUT2D eigenvalue weighted by atomic mass is 9.98. The average molecular weight is 252 g/mol. The van der Waals surface area contributed by atoms with Gasteiger partial charge in [-0.2, -0.15) is 4.98 Å². The van der Waals surface area contributed by atoms with E-state index in [0.717, 1.165) is 25.9 Å². The molecule has 1 saturated heterocycles. The predicted molar refractivity (Wildman–Crippen MR) is 71.4 cm³/mol. The van der Waals surface area contributed by atoms with Gasteiger partial charge in [0.15, 0.2) is 0 Å². The molecule has 2 heterocycles. The largest absolute Gasteiger partial charge is 0.338 e. The van der Waals surface area contributed by atoms with E-state index < -0.39 is 5.54 Å². The van der Waals surface area contributed by atoms with E-state index in [1.165, 1.54) is 25.7 Å². The Labute approximate surface area is 109 Å².